The molecule has 4 nitrogen and oxygen atoms in total. The molecule has 2 rings (SSSR count). The number of rotatable bonds is 5. The summed E-state index contributed by atoms with van der Waals surface area (Å²) in [5.74, 6) is 0.687. The average Bonchev–Trinajstić information content (AvgIpc) is 2.97. The van der Waals surface area contributed by atoms with E-state index in [0.29, 0.717) is 19.0 Å². The predicted molar refractivity (Wildman–Crippen MR) is 78.2 cm³/mol. The van der Waals surface area contributed by atoms with Gasteiger partial charge >= 0.3 is 0 Å². The van der Waals surface area contributed by atoms with Crippen molar-refractivity contribution in [1.29, 1.82) is 0 Å². The molecule has 1 aromatic heterocycles. The van der Waals surface area contributed by atoms with Gasteiger partial charge < -0.3 is 11.1 Å². The Hall–Kier alpha value is -0.940. The first kappa shape index (κ1) is 14.5. The van der Waals surface area contributed by atoms with Gasteiger partial charge in [-0.2, -0.15) is 0 Å². The average molecular weight is 281 g/mol. The smallest absolute Gasteiger partial charge is 0.223 e. The largest absolute Gasteiger partial charge is 0.355 e. The van der Waals surface area contributed by atoms with E-state index in [1.807, 2.05) is 6.92 Å². The van der Waals surface area contributed by atoms with E-state index >= 15 is 0 Å². The van der Waals surface area contributed by atoms with Crippen molar-refractivity contribution in [1.82, 2.24) is 10.3 Å². The number of nitrogens with one attached hydrogen (secondary N) is 1. The summed E-state index contributed by atoms with van der Waals surface area (Å²) in [5.41, 5.74) is 6.81. The second kappa shape index (κ2) is 6.48. The van der Waals surface area contributed by atoms with Crippen molar-refractivity contribution in [2.75, 3.05) is 13.1 Å². The number of aryl methyl sites for hydroxylation is 2. The van der Waals surface area contributed by atoms with Crippen LogP contribution in [0.5, 0.6) is 0 Å². The van der Waals surface area contributed by atoms with Gasteiger partial charge in [0.15, 0.2) is 0 Å². The highest BCUT2D eigenvalue weighted by Gasteiger charge is 2.31. The Kier molecular flexibility index (Phi) is 4.93. The number of thiazole rings is 1. The number of nitrogens with zero attached hydrogens (tertiary/aromatic N) is 1. The Balaban J connectivity index is 1.77. The topological polar surface area (TPSA) is 68.0 Å². The second-order valence-corrected chi connectivity index (χ2v) is 6.61. The summed E-state index contributed by atoms with van der Waals surface area (Å²) in [4.78, 5) is 17.8. The minimum Gasteiger partial charge on any atom is -0.355 e. The summed E-state index contributed by atoms with van der Waals surface area (Å²) >= 11 is 1.72. The van der Waals surface area contributed by atoms with E-state index in [1.165, 1.54) is 4.88 Å². The molecule has 3 N–H and O–H groups in total. The molecule has 1 aliphatic rings. The van der Waals surface area contributed by atoms with Crippen molar-refractivity contribution in [2.45, 2.75) is 39.5 Å². The van der Waals surface area contributed by atoms with Gasteiger partial charge in [-0.05, 0) is 39.2 Å². The van der Waals surface area contributed by atoms with Crippen LogP contribution in [-0.4, -0.2) is 24.0 Å². The molecule has 0 aromatic carbocycles. The fraction of sp³-hybridized carbons (Fsp3) is 0.714. The summed E-state index contributed by atoms with van der Waals surface area (Å²) in [7, 11) is 0. The lowest BCUT2D eigenvalue weighted by atomic mass is 9.95. The molecule has 0 unspecified atom stereocenters. The standard InChI is InChI=1S/C14H23N3OS/c1-9-10(2)19-13(17-9)6-7-16-14(18)12-5-3-4-11(12)8-15/h11-12H,3-8,15H2,1-2H3,(H,16,18)/t11-,12-/m1/s1. The Bertz CT molecular complexity index is 424. The third-order valence-corrected chi connectivity index (χ3v) is 5.14. The molecule has 19 heavy (non-hydrogen) atoms. The van der Waals surface area contributed by atoms with Crippen molar-refractivity contribution >= 4 is 17.2 Å². The Labute approximate surface area is 118 Å². The zero-order chi connectivity index (χ0) is 13.8. The minimum absolute atomic E-state index is 0.129. The van der Waals surface area contributed by atoms with Crippen molar-refractivity contribution in [3.8, 4) is 0 Å². The first-order valence-corrected chi connectivity index (χ1v) is 7.84. The summed E-state index contributed by atoms with van der Waals surface area (Å²) in [5, 5.41) is 4.15. The second-order valence-electron chi connectivity index (χ2n) is 5.32. The Morgan fingerprint density at radius 2 is 2.26 bits per heavy atom. The van der Waals surface area contributed by atoms with Gasteiger partial charge in [-0.1, -0.05) is 6.42 Å². The number of aromatic nitrogens is 1. The van der Waals surface area contributed by atoms with Crippen LogP contribution in [0.25, 0.3) is 0 Å². The van der Waals surface area contributed by atoms with E-state index in [-0.39, 0.29) is 11.8 Å². The van der Waals surface area contributed by atoms with E-state index in [2.05, 4.69) is 17.2 Å². The van der Waals surface area contributed by atoms with Gasteiger partial charge in [0.1, 0.15) is 0 Å². The number of hydrogen-bond acceptors (Lipinski definition) is 4. The van der Waals surface area contributed by atoms with Crippen LogP contribution in [0.4, 0.5) is 0 Å². The van der Waals surface area contributed by atoms with Crippen LogP contribution in [0, 0.1) is 25.7 Å². The molecule has 1 saturated carbocycles. The monoisotopic (exact) mass is 281 g/mol. The lowest BCUT2D eigenvalue weighted by Crippen LogP contribution is -2.36. The third-order valence-electron chi connectivity index (χ3n) is 4.01. The number of nitrogens with two attached hydrogens (primary N) is 1. The van der Waals surface area contributed by atoms with Gasteiger partial charge in [0.25, 0.3) is 0 Å². The molecular weight excluding hydrogens is 258 g/mol. The molecule has 0 radical (unpaired) electrons. The molecule has 0 spiro atoms. The lowest BCUT2D eigenvalue weighted by molar-refractivity contribution is -0.125. The quantitative estimate of drug-likeness (QED) is 0.864. The Morgan fingerprint density at radius 3 is 2.89 bits per heavy atom. The van der Waals surface area contributed by atoms with Crippen LogP contribution >= 0.6 is 11.3 Å². The van der Waals surface area contributed by atoms with Crippen LogP contribution in [0.3, 0.4) is 0 Å². The lowest BCUT2D eigenvalue weighted by Gasteiger charge is -2.17. The molecule has 1 heterocycles. The summed E-state index contributed by atoms with van der Waals surface area (Å²) in [6.07, 6.45) is 4.04. The highest BCUT2D eigenvalue weighted by atomic mass is 32.1. The van der Waals surface area contributed by atoms with Crippen molar-refractivity contribution in [3.63, 3.8) is 0 Å². The van der Waals surface area contributed by atoms with Gasteiger partial charge in [-0.25, -0.2) is 4.98 Å². The zero-order valence-electron chi connectivity index (χ0n) is 11.7. The molecular formula is C14H23N3OS. The normalized spacial score (nSPS) is 22.7. The number of hydrogen-bond donors (Lipinski definition) is 2. The maximum Gasteiger partial charge on any atom is 0.223 e. The van der Waals surface area contributed by atoms with E-state index in [0.717, 1.165) is 36.4 Å². The summed E-state index contributed by atoms with van der Waals surface area (Å²) in [6, 6.07) is 0. The molecule has 106 valence electrons. The minimum atomic E-state index is 0.129. The maximum atomic E-state index is 12.1. The first-order valence-electron chi connectivity index (χ1n) is 7.02. The van der Waals surface area contributed by atoms with E-state index in [1.54, 1.807) is 11.3 Å². The maximum absolute atomic E-state index is 12.1. The fourth-order valence-corrected chi connectivity index (χ4v) is 3.67. The van der Waals surface area contributed by atoms with Gasteiger partial charge in [0, 0.05) is 23.8 Å². The van der Waals surface area contributed by atoms with Crippen LogP contribution < -0.4 is 11.1 Å². The molecule has 1 aromatic rings. The third kappa shape index (κ3) is 3.54. The number of carbonyl (C=O) groups is 1. The summed E-state index contributed by atoms with van der Waals surface area (Å²) in [6.45, 7) is 5.42. The molecule has 0 aliphatic heterocycles. The van der Waals surface area contributed by atoms with E-state index < -0.39 is 0 Å². The number of amides is 1. The molecule has 0 bridgehead atoms. The first-order chi connectivity index (χ1) is 9.11. The molecule has 5 heteroatoms. The molecule has 1 fully saturated rings. The zero-order valence-corrected chi connectivity index (χ0v) is 12.6. The molecule has 0 saturated heterocycles. The Morgan fingerprint density at radius 1 is 1.47 bits per heavy atom. The van der Waals surface area contributed by atoms with Gasteiger partial charge in [0.05, 0.1) is 10.7 Å². The van der Waals surface area contributed by atoms with Gasteiger partial charge in [-0.3, -0.25) is 4.79 Å². The predicted octanol–water partition coefficient (Wildman–Crippen LogP) is 1.79. The highest BCUT2D eigenvalue weighted by Crippen LogP contribution is 2.30. The number of carbonyl (C=O) groups excluding carboxylic acids is 1. The van der Waals surface area contributed by atoms with E-state index in [9.17, 15) is 4.79 Å². The van der Waals surface area contributed by atoms with Gasteiger partial charge in [-0.15, -0.1) is 11.3 Å². The van der Waals surface area contributed by atoms with Gasteiger partial charge in [0.2, 0.25) is 5.91 Å². The SMILES string of the molecule is Cc1nc(CCNC(=O)[C@@H]2CCC[C@@H]2CN)sc1C. The molecule has 2 atom stereocenters. The van der Waals surface area contributed by atoms with Crippen LogP contribution in [0.2, 0.25) is 0 Å². The van der Waals surface area contributed by atoms with Crippen molar-refractivity contribution in [2.24, 2.45) is 17.6 Å². The molecule has 1 aliphatic carbocycles. The van der Waals surface area contributed by atoms with Crippen molar-refractivity contribution < 1.29 is 4.79 Å². The fourth-order valence-electron chi connectivity index (χ4n) is 2.73. The van der Waals surface area contributed by atoms with Crippen LogP contribution in [0.1, 0.15) is 34.8 Å². The van der Waals surface area contributed by atoms with Crippen LogP contribution in [0.15, 0.2) is 0 Å². The van der Waals surface area contributed by atoms with E-state index in [4.69, 9.17) is 5.73 Å². The van der Waals surface area contributed by atoms with Crippen LogP contribution in [-0.2, 0) is 11.2 Å². The highest BCUT2D eigenvalue weighted by molar-refractivity contribution is 7.11. The molecule has 1 amide bonds. The summed E-state index contributed by atoms with van der Waals surface area (Å²) < 4.78 is 0. The van der Waals surface area contributed by atoms with Crippen molar-refractivity contribution in [3.05, 3.63) is 15.6 Å².